The van der Waals surface area contributed by atoms with Crippen LogP contribution in [0.15, 0.2) is 18.2 Å². The van der Waals surface area contributed by atoms with E-state index in [9.17, 15) is 4.79 Å². The average molecular weight is 277 g/mol. The number of anilines is 2. The van der Waals surface area contributed by atoms with Gasteiger partial charge in [0.05, 0.1) is 23.5 Å². The molecule has 1 heterocycles. The maximum Gasteiger partial charge on any atom is 0.338 e. The van der Waals surface area contributed by atoms with Crippen LogP contribution in [0.2, 0.25) is 0 Å². The van der Waals surface area contributed by atoms with Gasteiger partial charge in [0, 0.05) is 19.1 Å². The molecule has 0 aromatic heterocycles. The molecule has 0 amide bonds. The summed E-state index contributed by atoms with van der Waals surface area (Å²) in [4.78, 5) is 16.3. The normalized spacial score (nSPS) is 18.6. The summed E-state index contributed by atoms with van der Waals surface area (Å²) in [6.45, 7) is 4.08. The van der Waals surface area contributed by atoms with E-state index in [0.717, 1.165) is 25.2 Å². The molecule has 2 rings (SSSR count). The van der Waals surface area contributed by atoms with E-state index in [1.165, 1.54) is 0 Å². The number of nitrogen functional groups attached to an aromatic ring is 1. The van der Waals surface area contributed by atoms with E-state index in [1.54, 1.807) is 19.1 Å². The van der Waals surface area contributed by atoms with Crippen LogP contribution < -0.4 is 10.6 Å². The molecule has 5 heteroatoms. The maximum atomic E-state index is 11.8. The number of hydrogen-bond donors (Lipinski definition) is 1. The fourth-order valence-corrected chi connectivity index (χ4v) is 2.54. The quantitative estimate of drug-likeness (QED) is 0.669. The van der Waals surface area contributed by atoms with Crippen molar-refractivity contribution in [1.29, 1.82) is 0 Å². The van der Waals surface area contributed by atoms with Gasteiger partial charge in [-0.05, 0) is 45.6 Å². The van der Waals surface area contributed by atoms with Crippen LogP contribution in [0.1, 0.15) is 23.7 Å². The summed E-state index contributed by atoms with van der Waals surface area (Å²) < 4.78 is 5.04. The summed E-state index contributed by atoms with van der Waals surface area (Å²) in [6.07, 6.45) is 1.11. The zero-order valence-electron chi connectivity index (χ0n) is 12.4. The van der Waals surface area contributed by atoms with Gasteiger partial charge in [-0.2, -0.15) is 0 Å². The molecular weight excluding hydrogens is 254 g/mol. The molecule has 1 aliphatic heterocycles. The first kappa shape index (κ1) is 14.7. The predicted octanol–water partition coefficient (Wildman–Crippen LogP) is 1.59. The Labute approximate surface area is 120 Å². The number of nitrogens with zero attached hydrogens (tertiary/aromatic N) is 2. The number of esters is 1. The predicted molar refractivity (Wildman–Crippen MR) is 81.1 cm³/mol. The van der Waals surface area contributed by atoms with Crippen molar-refractivity contribution in [2.24, 2.45) is 0 Å². The number of carbonyl (C=O) groups excluding carboxylic acids is 1. The molecule has 1 aromatic rings. The lowest BCUT2D eigenvalue weighted by Crippen LogP contribution is -2.31. The van der Waals surface area contributed by atoms with Crippen molar-refractivity contribution < 1.29 is 9.53 Å². The number of rotatable bonds is 4. The summed E-state index contributed by atoms with van der Waals surface area (Å²) in [7, 11) is 4.18. The van der Waals surface area contributed by atoms with Gasteiger partial charge >= 0.3 is 5.97 Å². The zero-order chi connectivity index (χ0) is 14.7. The molecule has 0 saturated carbocycles. The van der Waals surface area contributed by atoms with E-state index in [-0.39, 0.29) is 5.97 Å². The lowest BCUT2D eigenvalue weighted by atomic mass is 10.1. The van der Waals surface area contributed by atoms with Crippen molar-refractivity contribution in [2.75, 3.05) is 44.4 Å². The Morgan fingerprint density at radius 3 is 2.85 bits per heavy atom. The molecule has 0 aliphatic carbocycles. The minimum Gasteiger partial charge on any atom is -0.462 e. The highest BCUT2D eigenvalue weighted by molar-refractivity contribution is 5.92. The smallest absolute Gasteiger partial charge is 0.338 e. The number of carbonyl (C=O) groups is 1. The summed E-state index contributed by atoms with van der Waals surface area (Å²) in [5, 5.41) is 0. The largest absolute Gasteiger partial charge is 0.462 e. The third-order valence-corrected chi connectivity index (χ3v) is 3.78. The van der Waals surface area contributed by atoms with Gasteiger partial charge in [-0.15, -0.1) is 0 Å². The van der Waals surface area contributed by atoms with Crippen molar-refractivity contribution in [3.63, 3.8) is 0 Å². The van der Waals surface area contributed by atoms with Crippen LogP contribution in [-0.4, -0.2) is 50.7 Å². The summed E-state index contributed by atoms with van der Waals surface area (Å²) in [6, 6.07) is 5.87. The van der Waals surface area contributed by atoms with Crippen molar-refractivity contribution in [3.8, 4) is 0 Å². The van der Waals surface area contributed by atoms with Crippen molar-refractivity contribution in [3.05, 3.63) is 23.8 Å². The second-order valence-electron chi connectivity index (χ2n) is 5.35. The molecule has 0 bridgehead atoms. The second kappa shape index (κ2) is 6.13. The minimum absolute atomic E-state index is 0.294. The molecule has 1 saturated heterocycles. The highest BCUT2D eigenvalue weighted by Crippen LogP contribution is 2.29. The molecule has 20 heavy (non-hydrogen) atoms. The lowest BCUT2D eigenvalue weighted by Gasteiger charge is -2.23. The Bertz CT molecular complexity index is 488. The van der Waals surface area contributed by atoms with E-state index in [4.69, 9.17) is 10.5 Å². The average Bonchev–Trinajstić information content (AvgIpc) is 2.89. The van der Waals surface area contributed by atoms with Gasteiger partial charge in [0.25, 0.3) is 0 Å². The number of benzene rings is 1. The highest BCUT2D eigenvalue weighted by Gasteiger charge is 2.25. The third-order valence-electron chi connectivity index (χ3n) is 3.78. The first-order valence-electron chi connectivity index (χ1n) is 7.01. The molecule has 5 nitrogen and oxygen atoms in total. The Hall–Kier alpha value is -1.75. The molecule has 2 N–H and O–H groups in total. The minimum atomic E-state index is -0.294. The maximum absolute atomic E-state index is 11.8. The number of likely N-dealkylation sites (N-methyl/N-ethyl adjacent to an activating group) is 1. The van der Waals surface area contributed by atoms with Crippen molar-refractivity contribution in [1.82, 2.24) is 4.90 Å². The van der Waals surface area contributed by atoms with E-state index < -0.39 is 0 Å². The SMILES string of the molecule is CCOC(=O)c1ccc(N)c(N2CCC(N(C)C)C2)c1. The van der Waals surface area contributed by atoms with Gasteiger partial charge in [-0.1, -0.05) is 0 Å². The molecule has 0 radical (unpaired) electrons. The molecule has 1 unspecified atom stereocenters. The van der Waals surface area contributed by atoms with Gasteiger partial charge in [0.15, 0.2) is 0 Å². The van der Waals surface area contributed by atoms with Crippen LogP contribution in [0, 0.1) is 0 Å². The van der Waals surface area contributed by atoms with E-state index >= 15 is 0 Å². The van der Waals surface area contributed by atoms with E-state index in [2.05, 4.69) is 23.9 Å². The first-order chi connectivity index (χ1) is 9.52. The van der Waals surface area contributed by atoms with Crippen LogP contribution in [0.25, 0.3) is 0 Å². The summed E-state index contributed by atoms with van der Waals surface area (Å²) in [5.41, 5.74) is 8.25. The standard InChI is InChI=1S/C15H23N3O2/c1-4-20-15(19)11-5-6-13(16)14(9-11)18-8-7-12(10-18)17(2)3/h5-6,9,12H,4,7-8,10,16H2,1-3H3. The van der Waals surface area contributed by atoms with Crippen LogP contribution in [0.5, 0.6) is 0 Å². The Morgan fingerprint density at radius 2 is 2.25 bits per heavy atom. The number of nitrogens with two attached hydrogens (primary N) is 1. The van der Waals surface area contributed by atoms with E-state index in [1.807, 2.05) is 6.07 Å². The van der Waals surface area contributed by atoms with Gasteiger partial charge in [0.1, 0.15) is 0 Å². The van der Waals surface area contributed by atoms with Gasteiger partial charge in [-0.3, -0.25) is 0 Å². The van der Waals surface area contributed by atoms with Gasteiger partial charge in [-0.25, -0.2) is 4.79 Å². The molecule has 1 atom stereocenters. The summed E-state index contributed by atoms with van der Waals surface area (Å²) in [5.74, 6) is -0.294. The highest BCUT2D eigenvalue weighted by atomic mass is 16.5. The molecule has 110 valence electrons. The van der Waals surface area contributed by atoms with Crippen LogP contribution in [-0.2, 0) is 4.74 Å². The first-order valence-corrected chi connectivity index (χ1v) is 7.01. The molecule has 1 fully saturated rings. The number of ether oxygens (including phenoxy) is 1. The molecule has 0 spiro atoms. The Kier molecular flexibility index (Phi) is 4.49. The fraction of sp³-hybridized carbons (Fsp3) is 0.533. The Morgan fingerprint density at radius 1 is 1.50 bits per heavy atom. The monoisotopic (exact) mass is 277 g/mol. The van der Waals surface area contributed by atoms with Crippen molar-refractivity contribution >= 4 is 17.3 Å². The Balaban J connectivity index is 2.19. The van der Waals surface area contributed by atoms with Gasteiger partial charge in [0.2, 0.25) is 0 Å². The lowest BCUT2D eigenvalue weighted by molar-refractivity contribution is 0.0526. The fourth-order valence-electron chi connectivity index (χ4n) is 2.54. The third kappa shape index (κ3) is 3.04. The molecule has 1 aliphatic rings. The van der Waals surface area contributed by atoms with E-state index in [0.29, 0.717) is 23.9 Å². The number of hydrogen-bond acceptors (Lipinski definition) is 5. The topological polar surface area (TPSA) is 58.8 Å². The molecule has 1 aromatic carbocycles. The van der Waals surface area contributed by atoms with Crippen LogP contribution >= 0.6 is 0 Å². The van der Waals surface area contributed by atoms with Gasteiger partial charge < -0.3 is 20.3 Å². The van der Waals surface area contributed by atoms with Crippen LogP contribution in [0.3, 0.4) is 0 Å². The molecular formula is C15H23N3O2. The zero-order valence-corrected chi connectivity index (χ0v) is 12.4. The second-order valence-corrected chi connectivity index (χ2v) is 5.35. The van der Waals surface area contributed by atoms with Crippen LogP contribution in [0.4, 0.5) is 11.4 Å². The summed E-state index contributed by atoms with van der Waals surface area (Å²) >= 11 is 0. The van der Waals surface area contributed by atoms with Crippen molar-refractivity contribution in [2.45, 2.75) is 19.4 Å².